The molecule has 5 heteroatoms. The molecular weight excluding hydrogens is 248 g/mol. The van der Waals surface area contributed by atoms with Crippen molar-refractivity contribution in [2.24, 2.45) is 0 Å². The van der Waals surface area contributed by atoms with Crippen LogP contribution in [0.5, 0.6) is 11.6 Å². The van der Waals surface area contributed by atoms with E-state index in [9.17, 15) is 5.11 Å². The van der Waals surface area contributed by atoms with Gasteiger partial charge < -0.3 is 9.84 Å². The molecule has 0 radical (unpaired) electrons. The number of rotatable bonds is 1. The molecule has 0 saturated heterocycles. The van der Waals surface area contributed by atoms with Gasteiger partial charge in [0.1, 0.15) is 17.5 Å². The van der Waals surface area contributed by atoms with Gasteiger partial charge >= 0.3 is 0 Å². The van der Waals surface area contributed by atoms with Gasteiger partial charge in [0.25, 0.3) is 0 Å². The Morgan fingerprint density at radius 2 is 2.14 bits per heavy atom. The second kappa shape index (κ2) is 3.42. The van der Waals surface area contributed by atoms with Crippen molar-refractivity contribution >= 4 is 26.8 Å². The third-order valence-electron chi connectivity index (χ3n) is 1.90. The third kappa shape index (κ3) is 1.29. The molecule has 0 aliphatic heterocycles. The largest absolute Gasteiger partial charge is 0.496 e. The average Bonchev–Trinajstić information content (AvgIpc) is 2.20. The minimum atomic E-state index is -0.0758. The Bertz CT molecular complexity index is 487. The highest BCUT2D eigenvalue weighted by Crippen LogP contribution is 2.34. The van der Waals surface area contributed by atoms with Gasteiger partial charge in [0.15, 0.2) is 0 Å². The normalized spacial score (nSPS) is 10.4. The number of methoxy groups -OCH3 is 1. The number of ether oxygens (including phenoxy) is 1. The van der Waals surface area contributed by atoms with Crippen LogP contribution in [-0.2, 0) is 0 Å². The second-order valence-electron chi connectivity index (χ2n) is 2.67. The van der Waals surface area contributed by atoms with Crippen LogP contribution in [0.4, 0.5) is 0 Å². The predicted octanol–water partition coefficient (Wildman–Crippen LogP) is 2.11. The van der Waals surface area contributed by atoms with Gasteiger partial charge in [-0.15, -0.1) is 0 Å². The van der Waals surface area contributed by atoms with Crippen LogP contribution in [0.3, 0.4) is 0 Å². The maximum absolute atomic E-state index is 9.56. The highest BCUT2D eigenvalue weighted by atomic mass is 79.9. The van der Waals surface area contributed by atoms with E-state index in [0.29, 0.717) is 16.7 Å². The van der Waals surface area contributed by atoms with Gasteiger partial charge in [-0.1, -0.05) is 0 Å². The van der Waals surface area contributed by atoms with E-state index >= 15 is 0 Å². The summed E-state index contributed by atoms with van der Waals surface area (Å²) in [4.78, 5) is 7.75. The Morgan fingerprint density at radius 3 is 2.86 bits per heavy atom. The first-order valence-electron chi connectivity index (χ1n) is 3.90. The fourth-order valence-electron chi connectivity index (χ4n) is 1.27. The number of benzene rings is 1. The summed E-state index contributed by atoms with van der Waals surface area (Å²) >= 11 is 3.34. The van der Waals surface area contributed by atoms with Gasteiger partial charge in [-0.05, 0) is 28.1 Å². The molecule has 1 aromatic heterocycles. The van der Waals surface area contributed by atoms with Gasteiger partial charge in [-0.25, -0.2) is 9.97 Å². The van der Waals surface area contributed by atoms with E-state index in [1.807, 2.05) is 6.07 Å². The van der Waals surface area contributed by atoms with Crippen molar-refractivity contribution in [2.45, 2.75) is 0 Å². The van der Waals surface area contributed by atoms with Crippen molar-refractivity contribution in [1.29, 1.82) is 0 Å². The Morgan fingerprint density at radius 1 is 1.36 bits per heavy atom. The maximum Gasteiger partial charge on any atom is 0.225 e. The first-order chi connectivity index (χ1) is 6.74. The second-order valence-corrected chi connectivity index (χ2v) is 3.52. The monoisotopic (exact) mass is 254 g/mol. The number of hydrogen-bond acceptors (Lipinski definition) is 4. The first-order valence-corrected chi connectivity index (χ1v) is 4.69. The maximum atomic E-state index is 9.56. The van der Waals surface area contributed by atoms with Gasteiger partial charge in [0, 0.05) is 4.47 Å². The van der Waals surface area contributed by atoms with Crippen molar-refractivity contribution in [3.8, 4) is 11.6 Å². The molecular formula is C9H7BrN2O2. The molecule has 14 heavy (non-hydrogen) atoms. The number of nitrogens with zero attached hydrogens (tertiary/aromatic N) is 2. The summed E-state index contributed by atoms with van der Waals surface area (Å²) in [7, 11) is 1.54. The summed E-state index contributed by atoms with van der Waals surface area (Å²) in [5, 5.41) is 10.1. The van der Waals surface area contributed by atoms with Crippen LogP contribution in [0.1, 0.15) is 0 Å². The molecule has 1 N–H and O–H groups in total. The molecule has 0 aliphatic rings. The van der Waals surface area contributed by atoms with Crippen LogP contribution < -0.4 is 4.74 Å². The summed E-state index contributed by atoms with van der Waals surface area (Å²) in [6, 6.07) is 3.56. The molecule has 0 aliphatic carbocycles. The predicted molar refractivity (Wildman–Crippen MR) is 55.5 cm³/mol. The van der Waals surface area contributed by atoms with Crippen LogP contribution in [0.2, 0.25) is 0 Å². The van der Waals surface area contributed by atoms with Crippen molar-refractivity contribution in [3.05, 3.63) is 22.9 Å². The van der Waals surface area contributed by atoms with E-state index in [1.165, 1.54) is 13.4 Å². The van der Waals surface area contributed by atoms with Crippen molar-refractivity contribution in [3.63, 3.8) is 0 Å². The molecule has 0 fully saturated rings. The van der Waals surface area contributed by atoms with Gasteiger partial charge in [-0.2, -0.15) is 0 Å². The lowest BCUT2D eigenvalue weighted by Gasteiger charge is -2.06. The minimum absolute atomic E-state index is 0.0758. The highest BCUT2D eigenvalue weighted by Gasteiger charge is 2.10. The number of halogens is 1. The lowest BCUT2D eigenvalue weighted by molar-refractivity contribution is 0.413. The zero-order chi connectivity index (χ0) is 10.1. The zero-order valence-corrected chi connectivity index (χ0v) is 8.95. The van der Waals surface area contributed by atoms with Gasteiger partial charge in [-0.3, -0.25) is 0 Å². The number of hydrogen-bond donors (Lipinski definition) is 1. The molecule has 0 atom stereocenters. The summed E-state index contributed by atoms with van der Waals surface area (Å²) < 4.78 is 5.90. The molecule has 1 aromatic carbocycles. The molecule has 2 aromatic rings. The topological polar surface area (TPSA) is 55.2 Å². The standard InChI is InChI=1S/C9H7BrN2O2/c1-14-6-3-2-5(10)8-7(6)9(13)12-4-11-8/h2-4H,1H3,(H,11,12,13). The highest BCUT2D eigenvalue weighted by molar-refractivity contribution is 9.10. The summed E-state index contributed by atoms with van der Waals surface area (Å²) in [6.45, 7) is 0. The summed E-state index contributed by atoms with van der Waals surface area (Å²) in [5.74, 6) is 0.481. The number of aromatic nitrogens is 2. The van der Waals surface area contributed by atoms with E-state index in [0.717, 1.165) is 4.47 Å². The summed E-state index contributed by atoms with van der Waals surface area (Å²) in [5.41, 5.74) is 0.636. The number of fused-ring (bicyclic) bond motifs is 1. The molecule has 72 valence electrons. The lowest BCUT2D eigenvalue weighted by Crippen LogP contribution is -1.89. The van der Waals surface area contributed by atoms with E-state index < -0.39 is 0 Å². The van der Waals surface area contributed by atoms with Crippen LogP contribution in [-0.4, -0.2) is 22.2 Å². The first kappa shape index (κ1) is 9.21. The van der Waals surface area contributed by atoms with Crippen LogP contribution in [0.15, 0.2) is 22.9 Å². The fourth-order valence-corrected chi connectivity index (χ4v) is 1.70. The fraction of sp³-hybridized carbons (Fsp3) is 0.111. The van der Waals surface area contributed by atoms with Crippen molar-refractivity contribution in [2.75, 3.05) is 7.11 Å². The van der Waals surface area contributed by atoms with Crippen LogP contribution in [0.25, 0.3) is 10.9 Å². The van der Waals surface area contributed by atoms with E-state index in [1.54, 1.807) is 6.07 Å². The smallest absolute Gasteiger partial charge is 0.225 e. The van der Waals surface area contributed by atoms with E-state index in [2.05, 4.69) is 25.9 Å². The van der Waals surface area contributed by atoms with E-state index in [-0.39, 0.29) is 5.88 Å². The van der Waals surface area contributed by atoms with Crippen LogP contribution >= 0.6 is 15.9 Å². The molecule has 2 rings (SSSR count). The zero-order valence-electron chi connectivity index (χ0n) is 7.36. The quantitative estimate of drug-likeness (QED) is 0.847. The molecule has 0 spiro atoms. The van der Waals surface area contributed by atoms with Crippen molar-refractivity contribution < 1.29 is 9.84 Å². The third-order valence-corrected chi connectivity index (χ3v) is 2.54. The van der Waals surface area contributed by atoms with Gasteiger partial charge in [0.2, 0.25) is 5.88 Å². The van der Waals surface area contributed by atoms with E-state index in [4.69, 9.17) is 4.74 Å². The Labute approximate surface area is 88.7 Å². The molecule has 0 bridgehead atoms. The van der Waals surface area contributed by atoms with Gasteiger partial charge in [0.05, 0.1) is 12.6 Å². The Balaban J connectivity index is 2.92. The molecule has 1 heterocycles. The van der Waals surface area contributed by atoms with Crippen LogP contribution in [0, 0.1) is 0 Å². The SMILES string of the molecule is COc1ccc(Br)c2ncnc(O)c12. The lowest BCUT2D eigenvalue weighted by atomic mass is 10.2. The molecule has 0 unspecified atom stereocenters. The molecule has 0 saturated carbocycles. The number of aromatic hydroxyl groups is 1. The Hall–Kier alpha value is -1.36. The molecule has 0 amide bonds. The summed E-state index contributed by atoms with van der Waals surface area (Å²) in [6.07, 6.45) is 1.31. The Kier molecular flexibility index (Phi) is 2.25. The molecule has 4 nitrogen and oxygen atoms in total. The van der Waals surface area contributed by atoms with Crippen molar-refractivity contribution in [1.82, 2.24) is 9.97 Å². The average molecular weight is 255 g/mol. The minimum Gasteiger partial charge on any atom is -0.496 e.